The van der Waals surface area contributed by atoms with Crippen molar-refractivity contribution in [3.05, 3.63) is 29.8 Å². The van der Waals surface area contributed by atoms with Crippen LogP contribution in [0.5, 0.6) is 5.75 Å². The fourth-order valence-electron chi connectivity index (χ4n) is 2.75. The zero-order valence-electron chi connectivity index (χ0n) is 12.9. The number of benzene rings is 1. The summed E-state index contributed by atoms with van der Waals surface area (Å²) in [5.41, 5.74) is 1.99. The minimum Gasteiger partial charge on any atom is -0.496 e. The van der Waals surface area contributed by atoms with Crippen LogP contribution in [0.4, 0.5) is 0 Å². The van der Waals surface area contributed by atoms with Crippen LogP contribution in [-0.4, -0.2) is 19.2 Å². The molecule has 1 saturated carbocycles. The molecule has 2 unspecified atom stereocenters. The van der Waals surface area contributed by atoms with Gasteiger partial charge >= 0.3 is 0 Å². The predicted molar refractivity (Wildman–Crippen MR) is 80.7 cm³/mol. The highest BCUT2D eigenvalue weighted by Crippen LogP contribution is 2.54. The number of hydrogen-bond acceptors (Lipinski definition) is 2. The zero-order chi connectivity index (χ0) is 14.1. The van der Waals surface area contributed by atoms with Crippen LogP contribution in [-0.2, 0) is 6.42 Å². The summed E-state index contributed by atoms with van der Waals surface area (Å²) in [7, 11) is 1.76. The number of nitrogens with one attached hydrogen (secondary N) is 1. The smallest absolute Gasteiger partial charge is 0.122 e. The van der Waals surface area contributed by atoms with E-state index >= 15 is 0 Å². The van der Waals surface area contributed by atoms with Gasteiger partial charge in [0.15, 0.2) is 0 Å². The molecule has 0 bridgehead atoms. The molecule has 0 radical (unpaired) electrons. The van der Waals surface area contributed by atoms with Gasteiger partial charge in [0.05, 0.1) is 7.11 Å². The summed E-state index contributed by atoms with van der Waals surface area (Å²) >= 11 is 0. The lowest BCUT2D eigenvalue weighted by Crippen LogP contribution is -2.37. The predicted octanol–water partition coefficient (Wildman–Crippen LogP) is 3.65. The van der Waals surface area contributed by atoms with E-state index in [4.69, 9.17) is 4.74 Å². The normalized spacial score (nSPS) is 26.3. The maximum Gasteiger partial charge on any atom is 0.122 e. The molecule has 0 spiro atoms. The first kappa shape index (κ1) is 14.4. The molecule has 0 heterocycles. The number of rotatable bonds is 5. The molecule has 2 nitrogen and oxygen atoms in total. The topological polar surface area (TPSA) is 21.3 Å². The van der Waals surface area contributed by atoms with E-state index in [9.17, 15) is 0 Å². The summed E-state index contributed by atoms with van der Waals surface area (Å²) in [6, 6.07) is 8.39. The van der Waals surface area contributed by atoms with Gasteiger partial charge in [-0.2, -0.15) is 0 Å². The molecule has 1 aromatic carbocycles. The van der Waals surface area contributed by atoms with Crippen LogP contribution < -0.4 is 10.1 Å². The van der Waals surface area contributed by atoms with Crippen molar-refractivity contribution in [2.24, 2.45) is 11.3 Å². The van der Waals surface area contributed by atoms with Crippen molar-refractivity contribution in [3.8, 4) is 5.75 Å². The standard InChI is InChI=1S/C17H27NO/c1-16(2,3)18-12-14-11-17(14,4)10-13-8-6-7-9-15(13)19-5/h6-9,14,18H,10-12H2,1-5H3. The van der Waals surface area contributed by atoms with Crippen molar-refractivity contribution in [3.63, 3.8) is 0 Å². The lowest BCUT2D eigenvalue weighted by Gasteiger charge is -2.22. The molecule has 106 valence electrons. The number of ether oxygens (including phenoxy) is 1. The number of hydrogen-bond donors (Lipinski definition) is 1. The maximum atomic E-state index is 5.45. The van der Waals surface area contributed by atoms with Crippen molar-refractivity contribution >= 4 is 0 Å². The van der Waals surface area contributed by atoms with E-state index in [-0.39, 0.29) is 5.54 Å². The van der Waals surface area contributed by atoms with Crippen LogP contribution in [0.1, 0.15) is 39.7 Å². The average molecular weight is 261 g/mol. The molecule has 1 fully saturated rings. The van der Waals surface area contributed by atoms with Gasteiger partial charge in [-0.25, -0.2) is 0 Å². The Bertz CT molecular complexity index is 435. The van der Waals surface area contributed by atoms with Gasteiger partial charge in [0, 0.05) is 5.54 Å². The zero-order valence-corrected chi connectivity index (χ0v) is 12.9. The van der Waals surface area contributed by atoms with E-state index in [0.717, 1.165) is 24.6 Å². The van der Waals surface area contributed by atoms with E-state index in [1.54, 1.807) is 7.11 Å². The molecule has 2 rings (SSSR count). The highest BCUT2D eigenvalue weighted by molar-refractivity contribution is 5.35. The van der Waals surface area contributed by atoms with Gasteiger partial charge in [0.1, 0.15) is 5.75 Å². The molecule has 1 N–H and O–H groups in total. The molecule has 1 aliphatic carbocycles. The first-order valence-corrected chi connectivity index (χ1v) is 7.21. The van der Waals surface area contributed by atoms with E-state index in [1.807, 2.05) is 6.07 Å². The summed E-state index contributed by atoms with van der Waals surface area (Å²) in [5, 5.41) is 3.62. The molecule has 2 atom stereocenters. The Kier molecular flexibility index (Phi) is 3.91. The Balaban J connectivity index is 1.93. The molecule has 1 aromatic rings. The van der Waals surface area contributed by atoms with E-state index in [0.29, 0.717) is 5.41 Å². The van der Waals surface area contributed by atoms with Gasteiger partial charge in [-0.3, -0.25) is 0 Å². The third-order valence-corrected chi connectivity index (χ3v) is 4.20. The van der Waals surface area contributed by atoms with Crippen LogP contribution in [0.3, 0.4) is 0 Å². The largest absolute Gasteiger partial charge is 0.496 e. The number of methoxy groups -OCH3 is 1. The maximum absolute atomic E-state index is 5.45. The van der Waals surface area contributed by atoms with Gasteiger partial charge in [-0.1, -0.05) is 25.1 Å². The first-order valence-electron chi connectivity index (χ1n) is 7.21. The molecule has 2 heteroatoms. The van der Waals surface area contributed by atoms with Gasteiger partial charge in [-0.15, -0.1) is 0 Å². The summed E-state index contributed by atoms with van der Waals surface area (Å²) in [6.07, 6.45) is 2.43. The highest BCUT2D eigenvalue weighted by atomic mass is 16.5. The fraction of sp³-hybridized carbons (Fsp3) is 0.647. The molecule has 19 heavy (non-hydrogen) atoms. The summed E-state index contributed by atoms with van der Waals surface area (Å²) < 4.78 is 5.45. The Morgan fingerprint density at radius 1 is 1.32 bits per heavy atom. The molecule has 0 aromatic heterocycles. The van der Waals surface area contributed by atoms with Crippen LogP contribution >= 0.6 is 0 Å². The molecule has 0 amide bonds. The Morgan fingerprint density at radius 2 is 2.00 bits per heavy atom. The average Bonchev–Trinajstić information content (AvgIpc) is 2.97. The van der Waals surface area contributed by atoms with Crippen LogP contribution in [0, 0.1) is 11.3 Å². The second kappa shape index (κ2) is 5.16. The van der Waals surface area contributed by atoms with E-state index in [2.05, 4.69) is 51.2 Å². The Morgan fingerprint density at radius 3 is 2.63 bits per heavy atom. The third-order valence-electron chi connectivity index (χ3n) is 4.20. The van der Waals surface area contributed by atoms with Gasteiger partial charge in [0.25, 0.3) is 0 Å². The SMILES string of the molecule is COc1ccccc1CC1(C)CC1CNC(C)(C)C. The Hall–Kier alpha value is -1.02. The molecule has 0 saturated heterocycles. The Labute approximate surface area is 117 Å². The monoisotopic (exact) mass is 261 g/mol. The van der Waals surface area contributed by atoms with Crippen molar-refractivity contribution in [2.75, 3.05) is 13.7 Å². The summed E-state index contributed by atoms with van der Waals surface area (Å²) in [6.45, 7) is 10.2. The van der Waals surface area contributed by atoms with Crippen molar-refractivity contribution in [1.82, 2.24) is 5.32 Å². The molecular weight excluding hydrogens is 234 g/mol. The molecule has 0 aliphatic heterocycles. The highest BCUT2D eigenvalue weighted by Gasteiger charge is 2.49. The molecule has 1 aliphatic rings. The lowest BCUT2D eigenvalue weighted by molar-refractivity contribution is 0.379. The third kappa shape index (κ3) is 3.73. The quantitative estimate of drug-likeness (QED) is 0.873. The second-order valence-electron chi connectivity index (χ2n) is 7.17. The summed E-state index contributed by atoms with van der Waals surface area (Å²) in [4.78, 5) is 0. The van der Waals surface area contributed by atoms with Crippen molar-refractivity contribution in [2.45, 2.75) is 46.1 Å². The van der Waals surface area contributed by atoms with Crippen LogP contribution in [0.2, 0.25) is 0 Å². The summed E-state index contributed by atoms with van der Waals surface area (Å²) in [5.74, 6) is 1.81. The van der Waals surface area contributed by atoms with Gasteiger partial charge < -0.3 is 10.1 Å². The fourth-order valence-corrected chi connectivity index (χ4v) is 2.75. The van der Waals surface area contributed by atoms with E-state index < -0.39 is 0 Å². The van der Waals surface area contributed by atoms with E-state index in [1.165, 1.54) is 12.0 Å². The van der Waals surface area contributed by atoms with Gasteiger partial charge in [-0.05, 0) is 63.1 Å². The lowest BCUT2D eigenvalue weighted by atomic mass is 9.95. The first-order chi connectivity index (χ1) is 8.84. The van der Waals surface area contributed by atoms with Crippen LogP contribution in [0.15, 0.2) is 24.3 Å². The van der Waals surface area contributed by atoms with Crippen LogP contribution in [0.25, 0.3) is 0 Å². The minimum atomic E-state index is 0.216. The number of para-hydroxylation sites is 1. The van der Waals surface area contributed by atoms with Crippen molar-refractivity contribution < 1.29 is 4.74 Å². The minimum absolute atomic E-state index is 0.216. The van der Waals surface area contributed by atoms with Gasteiger partial charge in [0.2, 0.25) is 0 Å². The second-order valence-corrected chi connectivity index (χ2v) is 7.17. The van der Waals surface area contributed by atoms with Crippen molar-refractivity contribution in [1.29, 1.82) is 0 Å². The molecular formula is C17H27NO.